The summed E-state index contributed by atoms with van der Waals surface area (Å²) < 4.78 is 11.2. The fourth-order valence-electron chi connectivity index (χ4n) is 3.68. The minimum Gasteiger partial charge on any atom is -0.497 e. The zero-order valence-corrected chi connectivity index (χ0v) is 16.2. The monoisotopic (exact) mass is 379 g/mol. The highest BCUT2D eigenvalue weighted by molar-refractivity contribution is 5.99. The van der Waals surface area contributed by atoms with Gasteiger partial charge >= 0.3 is 0 Å². The summed E-state index contributed by atoms with van der Waals surface area (Å²) >= 11 is 0. The Kier molecular flexibility index (Phi) is 4.65. The molecule has 0 spiro atoms. The molecule has 6 heteroatoms. The summed E-state index contributed by atoms with van der Waals surface area (Å²) in [5, 5.41) is 0.452. The van der Waals surface area contributed by atoms with E-state index in [1.165, 1.54) is 4.90 Å². The van der Waals surface area contributed by atoms with E-state index in [9.17, 15) is 9.59 Å². The number of fused-ring (bicyclic) bond motifs is 2. The van der Waals surface area contributed by atoms with Crippen LogP contribution in [0.1, 0.15) is 27.7 Å². The summed E-state index contributed by atoms with van der Waals surface area (Å²) in [6.07, 6.45) is 0. The summed E-state index contributed by atoms with van der Waals surface area (Å²) in [5.41, 5.74) is 1.52. The van der Waals surface area contributed by atoms with Crippen molar-refractivity contribution in [1.82, 2.24) is 4.90 Å². The Morgan fingerprint density at radius 3 is 2.54 bits per heavy atom. The van der Waals surface area contributed by atoms with Gasteiger partial charge in [-0.15, -0.1) is 0 Å². The molecule has 1 amide bonds. The van der Waals surface area contributed by atoms with Gasteiger partial charge in [-0.3, -0.25) is 9.59 Å². The molecule has 4 rings (SSSR count). The fourth-order valence-corrected chi connectivity index (χ4v) is 3.68. The van der Waals surface area contributed by atoms with Crippen LogP contribution in [0.15, 0.2) is 57.7 Å². The molecule has 1 atom stereocenters. The maximum atomic E-state index is 13.3. The highest BCUT2D eigenvalue weighted by Crippen LogP contribution is 2.38. The van der Waals surface area contributed by atoms with Crippen LogP contribution in [0.5, 0.6) is 5.75 Å². The van der Waals surface area contributed by atoms with Crippen molar-refractivity contribution < 1.29 is 18.8 Å². The third-order valence-electron chi connectivity index (χ3n) is 5.14. The number of carbonyl (C=O) groups excluding carboxylic acids is 1. The lowest BCUT2D eigenvalue weighted by molar-refractivity contribution is -0.857. The second-order valence-corrected chi connectivity index (χ2v) is 7.30. The van der Waals surface area contributed by atoms with Crippen molar-refractivity contribution in [3.63, 3.8) is 0 Å². The molecule has 2 heterocycles. The third kappa shape index (κ3) is 2.96. The highest BCUT2D eigenvalue weighted by Gasteiger charge is 2.42. The molecule has 1 aliphatic heterocycles. The molecule has 28 heavy (non-hydrogen) atoms. The van der Waals surface area contributed by atoms with E-state index in [1.54, 1.807) is 30.2 Å². The van der Waals surface area contributed by atoms with Crippen LogP contribution in [0, 0.1) is 0 Å². The van der Waals surface area contributed by atoms with E-state index < -0.39 is 6.04 Å². The average Bonchev–Trinajstić information content (AvgIpc) is 2.99. The number of carbonyl (C=O) groups is 1. The smallest absolute Gasteiger partial charge is 0.291 e. The van der Waals surface area contributed by atoms with Crippen molar-refractivity contribution in [3.05, 3.63) is 75.6 Å². The van der Waals surface area contributed by atoms with Gasteiger partial charge in [0.15, 0.2) is 5.43 Å². The lowest BCUT2D eigenvalue weighted by Gasteiger charge is -2.25. The minimum atomic E-state index is -0.439. The zero-order valence-electron chi connectivity index (χ0n) is 16.2. The predicted molar refractivity (Wildman–Crippen MR) is 106 cm³/mol. The Morgan fingerprint density at radius 1 is 1.11 bits per heavy atom. The average molecular weight is 379 g/mol. The molecule has 6 nitrogen and oxygen atoms in total. The van der Waals surface area contributed by atoms with Crippen LogP contribution < -0.4 is 15.1 Å². The molecule has 3 aromatic rings. The molecule has 1 aromatic heterocycles. The molecule has 0 bridgehead atoms. The van der Waals surface area contributed by atoms with E-state index in [1.807, 2.05) is 44.4 Å². The minimum absolute atomic E-state index is 0.133. The molecular weight excluding hydrogens is 356 g/mol. The van der Waals surface area contributed by atoms with Gasteiger partial charge < -0.3 is 19.0 Å². The van der Waals surface area contributed by atoms with Gasteiger partial charge in [0, 0.05) is 6.07 Å². The molecule has 0 saturated heterocycles. The molecule has 0 fully saturated rings. The lowest BCUT2D eigenvalue weighted by atomic mass is 9.98. The maximum absolute atomic E-state index is 13.3. The highest BCUT2D eigenvalue weighted by atomic mass is 16.5. The lowest BCUT2D eigenvalue weighted by Crippen LogP contribution is -3.06. The number of likely N-dealkylation sites (N-methyl/N-ethyl adjacent to an activating group) is 1. The van der Waals surface area contributed by atoms with E-state index in [0.29, 0.717) is 28.8 Å². The van der Waals surface area contributed by atoms with E-state index in [-0.39, 0.29) is 17.1 Å². The molecular formula is C22H23N2O4+. The number of hydrogen-bond donors (Lipinski definition) is 1. The van der Waals surface area contributed by atoms with Crippen LogP contribution in [-0.4, -0.2) is 45.1 Å². The van der Waals surface area contributed by atoms with Crippen molar-refractivity contribution in [2.75, 3.05) is 34.3 Å². The van der Waals surface area contributed by atoms with Gasteiger partial charge in [-0.25, -0.2) is 0 Å². The standard InChI is InChI=1S/C22H22N2O4/c1-23(2)11-12-24-19(14-7-5-4-6-8-14)18-20(25)16-10-9-15(27-3)13-17(16)28-21(18)22(24)26/h4-10,13,19H,11-12H2,1-3H3/p+1/t19-/m0/s1. The Morgan fingerprint density at radius 2 is 1.86 bits per heavy atom. The number of nitrogens with zero attached hydrogens (tertiary/aromatic N) is 1. The number of nitrogens with one attached hydrogen (secondary N) is 1. The van der Waals surface area contributed by atoms with E-state index >= 15 is 0 Å². The van der Waals surface area contributed by atoms with Crippen LogP contribution in [0.3, 0.4) is 0 Å². The normalized spacial score (nSPS) is 16.1. The fraction of sp³-hybridized carbons (Fsp3) is 0.273. The summed E-state index contributed by atoms with van der Waals surface area (Å²) in [6.45, 7) is 1.30. The van der Waals surface area contributed by atoms with Crippen LogP contribution >= 0.6 is 0 Å². The number of ether oxygens (including phenoxy) is 1. The summed E-state index contributed by atoms with van der Waals surface area (Å²) in [4.78, 5) is 29.5. The van der Waals surface area contributed by atoms with Gasteiger partial charge in [-0.1, -0.05) is 30.3 Å². The Hall–Kier alpha value is -3.12. The first-order valence-corrected chi connectivity index (χ1v) is 9.31. The first-order valence-electron chi connectivity index (χ1n) is 9.31. The van der Waals surface area contributed by atoms with Gasteiger partial charge in [0.1, 0.15) is 11.3 Å². The van der Waals surface area contributed by atoms with E-state index in [2.05, 4.69) is 0 Å². The van der Waals surface area contributed by atoms with Crippen LogP contribution in [0.25, 0.3) is 11.0 Å². The van der Waals surface area contributed by atoms with Gasteiger partial charge in [0.05, 0.1) is 51.3 Å². The van der Waals surface area contributed by atoms with Crippen molar-refractivity contribution >= 4 is 16.9 Å². The number of hydrogen-bond acceptors (Lipinski definition) is 4. The van der Waals surface area contributed by atoms with E-state index in [4.69, 9.17) is 9.15 Å². The number of amides is 1. The SMILES string of the molecule is COc1ccc2c(=O)c3c(oc2c1)C(=O)N(CC[NH+](C)C)[C@H]3c1ccccc1. The first kappa shape index (κ1) is 18.3. The van der Waals surface area contributed by atoms with E-state index in [0.717, 1.165) is 12.1 Å². The topological polar surface area (TPSA) is 64.2 Å². The van der Waals surface area contributed by atoms with Gasteiger partial charge in [-0.2, -0.15) is 0 Å². The molecule has 2 aromatic carbocycles. The third-order valence-corrected chi connectivity index (χ3v) is 5.14. The summed E-state index contributed by atoms with van der Waals surface area (Å²) in [7, 11) is 5.62. The number of quaternary nitrogens is 1. The number of benzene rings is 2. The molecule has 0 unspecified atom stereocenters. The second-order valence-electron chi connectivity index (χ2n) is 7.30. The Balaban J connectivity index is 1.93. The first-order chi connectivity index (χ1) is 13.5. The predicted octanol–water partition coefficient (Wildman–Crippen LogP) is 1.49. The molecule has 0 saturated carbocycles. The number of rotatable bonds is 5. The molecule has 0 aliphatic carbocycles. The molecule has 1 aliphatic rings. The summed E-state index contributed by atoms with van der Waals surface area (Å²) in [6, 6.07) is 14.3. The van der Waals surface area contributed by atoms with Gasteiger partial charge in [0.25, 0.3) is 5.91 Å². The zero-order chi connectivity index (χ0) is 19.8. The van der Waals surface area contributed by atoms with Crippen LogP contribution in [0.2, 0.25) is 0 Å². The van der Waals surface area contributed by atoms with Gasteiger partial charge in [-0.05, 0) is 17.7 Å². The Labute approximate surface area is 162 Å². The molecule has 1 N–H and O–H groups in total. The van der Waals surface area contributed by atoms with Crippen molar-refractivity contribution in [3.8, 4) is 5.75 Å². The molecule has 144 valence electrons. The van der Waals surface area contributed by atoms with Crippen molar-refractivity contribution in [1.29, 1.82) is 0 Å². The van der Waals surface area contributed by atoms with Crippen molar-refractivity contribution in [2.24, 2.45) is 0 Å². The largest absolute Gasteiger partial charge is 0.497 e. The van der Waals surface area contributed by atoms with Crippen LogP contribution in [0.4, 0.5) is 0 Å². The van der Waals surface area contributed by atoms with Crippen molar-refractivity contribution in [2.45, 2.75) is 6.04 Å². The van der Waals surface area contributed by atoms with Crippen LogP contribution in [-0.2, 0) is 0 Å². The van der Waals surface area contributed by atoms with Gasteiger partial charge in [0.2, 0.25) is 5.76 Å². The second kappa shape index (κ2) is 7.13. The quantitative estimate of drug-likeness (QED) is 0.730. The maximum Gasteiger partial charge on any atom is 0.291 e. The summed E-state index contributed by atoms with van der Waals surface area (Å²) in [5.74, 6) is 0.467. The Bertz CT molecular complexity index is 1090. The number of methoxy groups -OCH3 is 1. The molecule has 0 radical (unpaired) electrons.